The second-order valence-electron chi connectivity index (χ2n) is 6.40. The van der Waals surface area contributed by atoms with Crippen molar-refractivity contribution in [2.24, 2.45) is 17.3 Å². The number of nitrogens with zero attached hydrogens (tertiary/aromatic N) is 1. The van der Waals surface area contributed by atoms with Gasteiger partial charge in [-0.1, -0.05) is 34.1 Å². The quantitative estimate of drug-likeness (QED) is 0.737. The third-order valence-corrected chi connectivity index (χ3v) is 4.68. The Morgan fingerprint density at radius 2 is 1.81 bits per heavy atom. The molecule has 1 nitrogen and oxygen atoms in total. The number of rotatable bonds is 4. The van der Waals surface area contributed by atoms with E-state index >= 15 is 0 Å². The standard InChI is InChI=1S/C14H29NS/c1-5-12(11-16)10-15-8-6-13(7-9-15)14(2,3)4/h12-13,16H,5-11H2,1-4H3. The highest BCUT2D eigenvalue weighted by atomic mass is 32.1. The Balaban J connectivity index is 2.32. The molecule has 1 aliphatic rings. The van der Waals surface area contributed by atoms with E-state index in [4.69, 9.17) is 0 Å². The minimum Gasteiger partial charge on any atom is -0.303 e. The Kier molecular flexibility index (Phi) is 5.66. The van der Waals surface area contributed by atoms with E-state index in [2.05, 4.69) is 45.2 Å². The van der Waals surface area contributed by atoms with Crippen LogP contribution in [0, 0.1) is 17.3 Å². The first-order valence-electron chi connectivity index (χ1n) is 6.80. The van der Waals surface area contributed by atoms with Crippen LogP contribution in [0.3, 0.4) is 0 Å². The van der Waals surface area contributed by atoms with E-state index in [0.717, 1.165) is 17.6 Å². The lowest BCUT2D eigenvalue weighted by atomic mass is 9.75. The van der Waals surface area contributed by atoms with Gasteiger partial charge in [0.2, 0.25) is 0 Å². The Labute approximate surface area is 107 Å². The van der Waals surface area contributed by atoms with E-state index < -0.39 is 0 Å². The maximum atomic E-state index is 4.43. The Hall–Kier alpha value is 0.310. The summed E-state index contributed by atoms with van der Waals surface area (Å²) in [5, 5.41) is 0. The van der Waals surface area contributed by atoms with Gasteiger partial charge in [0.1, 0.15) is 0 Å². The van der Waals surface area contributed by atoms with Gasteiger partial charge >= 0.3 is 0 Å². The van der Waals surface area contributed by atoms with Gasteiger partial charge in [0.05, 0.1) is 0 Å². The fraction of sp³-hybridized carbons (Fsp3) is 1.00. The fourth-order valence-corrected chi connectivity index (χ4v) is 3.04. The van der Waals surface area contributed by atoms with E-state index in [1.165, 1.54) is 38.9 Å². The fourth-order valence-electron chi connectivity index (χ4n) is 2.66. The average molecular weight is 243 g/mol. The van der Waals surface area contributed by atoms with Gasteiger partial charge in [-0.05, 0) is 48.9 Å². The van der Waals surface area contributed by atoms with Crippen LogP contribution in [0.2, 0.25) is 0 Å². The summed E-state index contributed by atoms with van der Waals surface area (Å²) in [5.74, 6) is 2.74. The number of hydrogen-bond acceptors (Lipinski definition) is 2. The second-order valence-corrected chi connectivity index (χ2v) is 6.76. The van der Waals surface area contributed by atoms with E-state index in [0.29, 0.717) is 5.41 Å². The summed E-state index contributed by atoms with van der Waals surface area (Å²) < 4.78 is 0. The van der Waals surface area contributed by atoms with Crippen molar-refractivity contribution in [2.45, 2.75) is 47.0 Å². The van der Waals surface area contributed by atoms with Crippen molar-refractivity contribution in [1.29, 1.82) is 0 Å². The molecule has 2 heteroatoms. The summed E-state index contributed by atoms with van der Waals surface area (Å²) in [7, 11) is 0. The number of likely N-dealkylation sites (tertiary alicyclic amines) is 1. The second kappa shape index (κ2) is 6.30. The van der Waals surface area contributed by atoms with Crippen LogP contribution in [-0.4, -0.2) is 30.3 Å². The first kappa shape index (κ1) is 14.4. The summed E-state index contributed by atoms with van der Waals surface area (Å²) in [4.78, 5) is 2.65. The number of hydrogen-bond donors (Lipinski definition) is 1. The molecule has 0 aromatic carbocycles. The molecule has 1 aliphatic heterocycles. The van der Waals surface area contributed by atoms with Crippen LogP contribution in [0.15, 0.2) is 0 Å². The van der Waals surface area contributed by atoms with Gasteiger partial charge in [-0.2, -0.15) is 12.6 Å². The van der Waals surface area contributed by atoms with Gasteiger partial charge in [-0.3, -0.25) is 0 Å². The zero-order chi connectivity index (χ0) is 12.2. The van der Waals surface area contributed by atoms with Crippen molar-refractivity contribution in [2.75, 3.05) is 25.4 Å². The van der Waals surface area contributed by atoms with Gasteiger partial charge in [0, 0.05) is 6.54 Å². The molecular formula is C14H29NS. The maximum Gasteiger partial charge on any atom is 0.00174 e. The van der Waals surface area contributed by atoms with Crippen LogP contribution in [0.1, 0.15) is 47.0 Å². The maximum absolute atomic E-state index is 4.43. The molecule has 1 heterocycles. The number of thiol groups is 1. The van der Waals surface area contributed by atoms with Crippen LogP contribution in [0.5, 0.6) is 0 Å². The molecule has 0 saturated carbocycles. The summed E-state index contributed by atoms with van der Waals surface area (Å²) in [5.41, 5.74) is 0.500. The smallest absolute Gasteiger partial charge is 0.00174 e. The average Bonchev–Trinajstić information content (AvgIpc) is 2.25. The minimum absolute atomic E-state index is 0.500. The van der Waals surface area contributed by atoms with Gasteiger partial charge < -0.3 is 4.90 Å². The molecule has 0 bridgehead atoms. The lowest BCUT2D eigenvalue weighted by Crippen LogP contribution is -2.40. The summed E-state index contributed by atoms with van der Waals surface area (Å²) in [6.45, 7) is 13.3. The van der Waals surface area contributed by atoms with Crippen LogP contribution in [0.4, 0.5) is 0 Å². The predicted octanol–water partition coefficient (Wildman–Crippen LogP) is 3.70. The predicted molar refractivity (Wildman–Crippen MR) is 76.3 cm³/mol. The Morgan fingerprint density at radius 3 is 2.19 bits per heavy atom. The molecule has 0 aromatic heterocycles. The molecule has 1 fully saturated rings. The molecule has 1 atom stereocenters. The molecular weight excluding hydrogens is 214 g/mol. The van der Waals surface area contributed by atoms with E-state index in [9.17, 15) is 0 Å². The highest BCUT2D eigenvalue weighted by Gasteiger charge is 2.28. The van der Waals surface area contributed by atoms with Crippen molar-refractivity contribution in [3.63, 3.8) is 0 Å². The van der Waals surface area contributed by atoms with Crippen LogP contribution < -0.4 is 0 Å². The van der Waals surface area contributed by atoms with Crippen LogP contribution >= 0.6 is 12.6 Å². The molecule has 1 rings (SSSR count). The molecule has 0 N–H and O–H groups in total. The molecule has 1 saturated heterocycles. The van der Waals surface area contributed by atoms with E-state index in [1.54, 1.807) is 0 Å². The van der Waals surface area contributed by atoms with E-state index in [1.807, 2.05) is 0 Å². The summed E-state index contributed by atoms with van der Waals surface area (Å²) in [6.07, 6.45) is 4.03. The molecule has 0 aromatic rings. The third-order valence-electron chi connectivity index (χ3n) is 4.16. The molecule has 96 valence electrons. The van der Waals surface area contributed by atoms with Gasteiger partial charge in [-0.25, -0.2) is 0 Å². The zero-order valence-electron chi connectivity index (χ0n) is 11.5. The van der Waals surface area contributed by atoms with Crippen molar-refractivity contribution in [3.8, 4) is 0 Å². The van der Waals surface area contributed by atoms with Gasteiger partial charge in [0.25, 0.3) is 0 Å². The molecule has 16 heavy (non-hydrogen) atoms. The molecule has 0 amide bonds. The Bertz CT molecular complexity index is 185. The first-order valence-corrected chi connectivity index (χ1v) is 7.43. The molecule has 0 spiro atoms. The zero-order valence-corrected chi connectivity index (χ0v) is 12.4. The largest absolute Gasteiger partial charge is 0.303 e. The third kappa shape index (κ3) is 4.29. The summed E-state index contributed by atoms with van der Waals surface area (Å²) in [6, 6.07) is 0. The monoisotopic (exact) mass is 243 g/mol. The highest BCUT2D eigenvalue weighted by Crippen LogP contribution is 2.34. The van der Waals surface area contributed by atoms with E-state index in [-0.39, 0.29) is 0 Å². The lowest BCUT2D eigenvalue weighted by Gasteiger charge is -2.39. The highest BCUT2D eigenvalue weighted by molar-refractivity contribution is 7.80. The van der Waals surface area contributed by atoms with Gasteiger partial charge in [-0.15, -0.1) is 0 Å². The summed E-state index contributed by atoms with van der Waals surface area (Å²) >= 11 is 4.43. The molecule has 0 aliphatic carbocycles. The lowest BCUT2D eigenvalue weighted by molar-refractivity contribution is 0.103. The van der Waals surface area contributed by atoms with Crippen LogP contribution in [0.25, 0.3) is 0 Å². The number of piperidine rings is 1. The van der Waals surface area contributed by atoms with Crippen molar-refractivity contribution in [3.05, 3.63) is 0 Å². The first-order chi connectivity index (χ1) is 7.47. The molecule has 1 unspecified atom stereocenters. The van der Waals surface area contributed by atoms with Crippen molar-refractivity contribution in [1.82, 2.24) is 4.90 Å². The SMILES string of the molecule is CCC(CS)CN1CCC(C(C)(C)C)CC1. The molecule has 0 radical (unpaired) electrons. The topological polar surface area (TPSA) is 3.24 Å². The van der Waals surface area contributed by atoms with Gasteiger partial charge in [0.15, 0.2) is 0 Å². The minimum atomic E-state index is 0.500. The Morgan fingerprint density at radius 1 is 1.25 bits per heavy atom. The van der Waals surface area contributed by atoms with Crippen molar-refractivity contribution >= 4 is 12.6 Å². The normalized spacial score (nSPS) is 22.3. The van der Waals surface area contributed by atoms with Crippen molar-refractivity contribution < 1.29 is 0 Å². The van der Waals surface area contributed by atoms with Crippen LogP contribution in [-0.2, 0) is 0 Å².